The van der Waals surface area contributed by atoms with Gasteiger partial charge < -0.3 is 5.32 Å². The van der Waals surface area contributed by atoms with Crippen molar-refractivity contribution in [2.75, 3.05) is 20.1 Å². The molecule has 10 heavy (non-hydrogen) atoms. The van der Waals surface area contributed by atoms with E-state index in [0.717, 1.165) is 13.1 Å². The molecule has 1 heterocycles. The third kappa shape index (κ3) is 1.33. The van der Waals surface area contributed by atoms with E-state index in [1.807, 2.05) is 12.3 Å². The Morgan fingerprint density at radius 3 is 2.80 bits per heavy atom. The summed E-state index contributed by atoms with van der Waals surface area (Å²) in [4.78, 5) is 3.95. The number of nitrogens with zero attached hydrogens (tertiary/aromatic N) is 1. The molecule has 0 spiro atoms. The fraction of sp³-hybridized carbons (Fsp3) is 0.375. The van der Waals surface area contributed by atoms with Crippen molar-refractivity contribution in [1.82, 2.24) is 5.32 Å². The third-order valence-corrected chi connectivity index (χ3v) is 1.57. The highest BCUT2D eigenvalue weighted by Crippen LogP contribution is 2.07. The molecule has 0 atom stereocenters. The van der Waals surface area contributed by atoms with Crippen molar-refractivity contribution in [2.24, 2.45) is 4.99 Å². The Labute approximate surface area is 61.4 Å². The Bertz CT molecular complexity index is 189. The first kappa shape index (κ1) is 7.22. The van der Waals surface area contributed by atoms with Gasteiger partial charge in [0.05, 0.1) is 0 Å². The van der Waals surface area contributed by atoms with Crippen LogP contribution in [0.15, 0.2) is 28.8 Å². The molecule has 0 fully saturated rings. The number of nitrogens with one attached hydrogen (secondary N) is 1. The van der Waals surface area contributed by atoms with Crippen LogP contribution in [0.25, 0.3) is 0 Å². The van der Waals surface area contributed by atoms with E-state index < -0.39 is 0 Å². The molecule has 54 valence electrons. The molecule has 0 radical (unpaired) electrons. The standard InChI is InChI=1S/C8H12N2/c1-3-7-5-10-6-8(7)4-9-2/h3-4,10H,1,5-6H2,2H3. The number of hydrogen-bond donors (Lipinski definition) is 1. The predicted molar refractivity (Wildman–Crippen MR) is 44.5 cm³/mol. The van der Waals surface area contributed by atoms with Gasteiger partial charge in [0.1, 0.15) is 0 Å². The summed E-state index contributed by atoms with van der Waals surface area (Å²) >= 11 is 0. The van der Waals surface area contributed by atoms with Gasteiger partial charge in [-0.2, -0.15) is 0 Å². The van der Waals surface area contributed by atoms with Crippen LogP contribution >= 0.6 is 0 Å². The summed E-state index contributed by atoms with van der Waals surface area (Å²) in [7, 11) is 1.78. The van der Waals surface area contributed by atoms with Crippen molar-refractivity contribution in [1.29, 1.82) is 0 Å². The minimum Gasteiger partial charge on any atom is -0.309 e. The first-order chi connectivity index (χ1) is 4.88. The molecular formula is C8H12N2. The van der Waals surface area contributed by atoms with Crippen LogP contribution in [0.3, 0.4) is 0 Å². The SMILES string of the molecule is C=CC1=C(C=NC)CNC1. The lowest BCUT2D eigenvalue weighted by atomic mass is 10.2. The van der Waals surface area contributed by atoms with Crippen LogP contribution in [-0.4, -0.2) is 26.4 Å². The fourth-order valence-corrected chi connectivity index (χ4v) is 1.05. The van der Waals surface area contributed by atoms with Crippen LogP contribution in [0.1, 0.15) is 0 Å². The second-order valence-corrected chi connectivity index (χ2v) is 2.25. The van der Waals surface area contributed by atoms with Gasteiger partial charge in [-0.1, -0.05) is 12.7 Å². The summed E-state index contributed by atoms with van der Waals surface area (Å²) < 4.78 is 0. The Morgan fingerprint density at radius 1 is 1.50 bits per heavy atom. The van der Waals surface area contributed by atoms with Gasteiger partial charge in [0.25, 0.3) is 0 Å². The molecule has 1 aliphatic heterocycles. The van der Waals surface area contributed by atoms with Crippen molar-refractivity contribution in [3.8, 4) is 0 Å². The average molecular weight is 136 g/mol. The van der Waals surface area contributed by atoms with Crippen LogP contribution in [-0.2, 0) is 0 Å². The highest BCUT2D eigenvalue weighted by Gasteiger charge is 2.07. The van der Waals surface area contributed by atoms with E-state index in [9.17, 15) is 0 Å². The van der Waals surface area contributed by atoms with Crippen molar-refractivity contribution in [3.05, 3.63) is 23.8 Å². The van der Waals surface area contributed by atoms with Gasteiger partial charge >= 0.3 is 0 Å². The molecule has 0 aliphatic carbocycles. The average Bonchev–Trinajstić information content (AvgIpc) is 2.36. The molecule has 0 saturated heterocycles. The van der Waals surface area contributed by atoms with Crippen molar-refractivity contribution >= 4 is 6.21 Å². The van der Waals surface area contributed by atoms with E-state index in [-0.39, 0.29) is 0 Å². The third-order valence-electron chi connectivity index (χ3n) is 1.57. The summed E-state index contributed by atoms with van der Waals surface area (Å²) in [6.07, 6.45) is 3.77. The minimum absolute atomic E-state index is 0.929. The van der Waals surface area contributed by atoms with Crippen molar-refractivity contribution < 1.29 is 0 Å². The zero-order valence-electron chi connectivity index (χ0n) is 6.22. The monoisotopic (exact) mass is 136 g/mol. The Balaban J connectivity index is 2.77. The molecule has 0 aromatic carbocycles. The maximum absolute atomic E-state index is 3.95. The topological polar surface area (TPSA) is 24.4 Å². The van der Waals surface area contributed by atoms with E-state index in [0.29, 0.717) is 0 Å². The number of aliphatic imine (C=N–C) groups is 1. The summed E-state index contributed by atoms with van der Waals surface area (Å²) in [5.41, 5.74) is 2.53. The van der Waals surface area contributed by atoms with Gasteiger partial charge in [-0.3, -0.25) is 4.99 Å². The van der Waals surface area contributed by atoms with Crippen LogP contribution in [0.2, 0.25) is 0 Å². The number of rotatable bonds is 2. The molecule has 0 amide bonds. The zero-order valence-corrected chi connectivity index (χ0v) is 6.22. The Hall–Kier alpha value is -0.890. The van der Waals surface area contributed by atoms with Crippen LogP contribution in [0.4, 0.5) is 0 Å². The molecular weight excluding hydrogens is 124 g/mol. The van der Waals surface area contributed by atoms with E-state index in [1.54, 1.807) is 7.05 Å². The van der Waals surface area contributed by atoms with Crippen LogP contribution in [0.5, 0.6) is 0 Å². The fourth-order valence-electron chi connectivity index (χ4n) is 1.05. The predicted octanol–water partition coefficient (Wildman–Crippen LogP) is 0.773. The van der Waals surface area contributed by atoms with E-state index in [4.69, 9.17) is 0 Å². The molecule has 0 aromatic heterocycles. The van der Waals surface area contributed by atoms with Crippen molar-refractivity contribution in [3.63, 3.8) is 0 Å². The highest BCUT2D eigenvalue weighted by molar-refractivity contribution is 5.82. The normalized spacial score (nSPS) is 18.9. The second kappa shape index (κ2) is 3.32. The lowest BCUT2D eigenvalue weighted by molar-refractivity contribution is 0.877. The quantitative estimate of drug-likeness (QED) is 0.557. The molecule has 1 N–H and O–H groups in total. The Morgan fingerprint density at radius 2 is 2.20 bits per heavy atom. The van der Waals surface area contributed by atoms with E-state index >= 15 is 0 Å². The van der Waals surface area contributed by atoms with E-state index in [2.05, 4.69) is 16.9 Å². The van der Waals surface area contributed by atoms with Gasteiger partial charge in [0, 0.05) is 26.4 Å². The summed E-state index contributed by atoms with van der Waals surface area (Å²) in [6.45, 7) is 5.58. The Kier molecular flexibility index (Phi) is 2.40. The van der Waals surface area contributed by atoms with E-state index in [1.165, 1.54) is 11.1 Å². The van der Waals surface area contributed by atoms with Gasteiger partial charge in [-0.25, -0.2) is 0 Å². The van der Waals surface area contributed by atoms with Gasteiger partial charge in [-0.15, -0.1) is 0 Å². The van der Waals surface area contributed by atoms with Crippen LogP contribution < -0.4 is 5.32 Å². The molecule has 1 rings (SSSR count). The molecule has 0 saturated carbocycles. The zero-order chi connectivity index (χ0) is 7.40. The first-order valence-electron chi connectivity index (χ1n) is 3.36. The summed E-state index contributed by atoms with van der Waals surface area (Å²) in [6, 6.07) is 0. The maximum atomic E-state index is 3.95. The smallest absolute Gasteiger partial charge is 0.0277 e. The largest absolute Gasteiger partial charge is 0.309 e. The summed E-state index contributed by atoms with van der Waals surface area (Å²) in [5.74, 6) is 0. The molecule has 2 nitrogen and oxygen atoms in total. The molecule has 0 aromatic rings. The maximum Gasteiger partial charge on any atom is 0.0277 e. The van der Waals surface area contributed by atoms with Gasteiger partial charge in [0.15, 0.2) is 0 Å². The van der Waals surface area contributed by atoms with Gasteiger partial charge in [0.2, 0.25) is 0 Å². The first-order valence-corrected chi connectivity index (χ1v) is 3.36. The lowest BCUT2D eigenvalue weighted by Crippen LogP contribution is -2.08. The highest BCUT2D eigenvalue weighted by atomic mass is 14.9. The molecule has 0 unspecified atom stereocenters. The minimum atomic E-state index is 0.929. The number of hydrogen-bond acceptors (Lipinski definition) is 2. The van der Waals surface area contributed by atoms with Crippen LogP contribution in [0, 0.1) is 0 Å². The lowest BCUT2D eigenvalue weighted by Gasteiger charge is -1.90. The van der Waals surface area contributed by atoms with Gasteiger partial charge in [-0.05, 0) is 11.1 Å². The second-order valence-electron chi connectivity index (χ2n) is 2.25. The molecule has 0 bridgehead atoms. The molecule has 1 aliphatic rings. The van der Waals surface area contributed by atoms with Crippen molar-refractivity contribution in [2.45, 2.75) is 0 Å². The summed E-state index contributed by atoms with van der Waals surface area (Å²) in [5, 5.41) is 3.22. The molecule has 2 heteroatoms.